The van der Waals surface area contributed by atoms with Crippen molar-refractivity contribution in [2.24, 2.45) is 0 Å². The number of nitrogens with one attached hydrogen (secondary N) is 1. The van der Waals surface area contributed by atoms with Crippen molar-refractivity contribution in [3.05, 3.63) is 85.6 Å². The number of carbonyl (C=O) groups is 1. The predicted octanol–water partition coefficient (Wildman–Crippen LogP) is 3.93. The number of aromatic amines is 1. The molecule has 35 heavy (non-hydrogen) atoms. The number of furan rings is 1. The number of amides is 1. The van der Waals surface area contributed by atoms with E-state index in [0.717, 1.165) is 17.8 Å². The number of H-pyrrole nitrogens is 1. The molecule has 0 aliphatic heterocycles. The molecule has 4 aromatic rings. The van der Waals surface area contributed by atoms with Crippen LogP contribution in [0.3, 0.4) is 0 Å². The number of halogens is 1. The van der Waals surface area contributed by atoms with Gasteiger partial charge in [0.2, 0.25) is 0 Å². The van der Waals surface area contributed by atoms with Gasteiger partial charge in [0.25, 0.3) is 11.5 Å². The number of aryl methyl sites for hydroxylation is 1. The van der Waals surface area contributed by atoms with Crippen LogP contribution in [0.4, 0.5) is 15.9 Å². The van der Waals surface area contributed by atoms with Crippen LogP contribution < -0.4 is 21.9 Å². The second-order valence-corrected chi connectivity index (χ2v) is 8.91. The minimum atomic E-state index is -0.777. The van der Waals surface area contributed by atoms with E-state index in [4.69, 9.17) is 10.2 Å². The SMILES string of the molecule is CCCCn1c(N)c(N(Cc2ccco2)C(=O)c2sc(-c3ccc(F)cc3)nc2C)c(=O)[nH]c1=O. The second-order valence-electron chi connectivity index (χ2n) is 7.91. The molecule has 4 rings (SSSR count). The molecule has 0 radical (unpaired) electrons. The maximum atomic E-state index is 13.8. The average Bonchev–Trinajstić information content (AvgIpc) is 3.48. The third kappa shape index (κ3) is 4.94. The molecule has 0 aliphatic rings. The fourth-order valence-electron chi connectivity index (χ4n) is 3.62. The van der Waals surface area contributed by atoms with Crippen molar-refractivity contribution in [3.63, 3.8) is 0 Å². The first-order chi connectivity index (χ1) is 16.8. The first kappa shape index (κ1) is 24.1. The minimum absolute atomic E-state index is 0.0890. The summed E-state index contributed by atoms with van der Waals surface area (Å²) in [5.41, 5.74) is 5.83. The van der Waals surface area contributed by atoms with Gasteiger partial charge in [0.05, 0.1) is 18.5 Å². The third-order valence-corrected chi connectivity index (χ3v) is 6.64. The number of hydrogen-bond acceptors (Lipinski definition) is 7. The highest BCUT2D eigenvalue weighted by molar-refractivity contribution is 7.17. The first-order valence-corrected chi connectivity index (χ1v) is 11.8. The number of nitrogens with two attached hydrogens (primary N) is 1. The number of nitrogens with zero attached hydrogens (tertiary/aromatic N) is 3. The lowest BCUT2D eigenvalue weighted by Crippen LogP contribution is -2.40. The molecule has 0 saturated carbocycles. The third-order valence-electron chi connectivity index (χ3n) is 5.44. The topological polar surface area (TPSA) is 127 Å². The number of benzene rings is 1. The number of thiazole rings is 1. The maximum Gasteiger partial charge on any atom is 0.330 e. The van der Waals surface area contributed by atoms with Gasteiger partial charge in [-0.15, -0.1) is 11.3 Å². The van der Waals surface area contributed by atoms with Crippen LogP contribution in [0.5, 0.6) is 0 Å². The summed E-state index contributed by atoms with van der Waals surface area (Å²) in [5, 5.41) is 0.526. The molecule has 0 bridgehead atoms. The monoisotopic (exact) mass is 497 g/mol. The summed E-state index contributed by atoms with van der Waals surface area (Å²) in [7, 11) is 0. The van der Waals surface area contributed by atoms with Crippen molar-refractivity contribution < 1.29 is 13.6 Å². The van der Waals surface area contributed by atoms with E-state index in [1.807, 2.05) is 6.92 Å². The van der Waals surface area contributed by atoms with Gasteiger partial charge in [-0.1, -0.05) is 13.3 Å². The Hall–Kier alpha value is -3.99. The zero-order valence-corrected chi connectivity index (χ0v) is 20.0. The largest absolute Gasteiger partial charge is 0.467 e. The summed E-state index contributed by atoms with van der Waals surface area (Å²) in [4.78, 5) is 47.4. The number of hydrogen-bond donors (Lipinski definition) is 2. The van der Waals surface area contributed by atoms with E-state index in [1.54, 1.807) is 31.2 Å². The van der Waals surface area contributed by atoms with Gasteiger partial charge in [0.15, 0.2) is 5.69 Å². The van der Waals surface area contributed by atoms with E-state index in [1.165, 1.54) is 27.9 Å². The number of unbranched alkanes of at least 4 members (excludes halogenated alkanes) is 1. The highest BCUT2D eigenvalue weighted by Gasteiger charge is 2.29. The van der Waals surface area contributed by atoms with Gasteiger partial charge in [0.1, 0.15) is 27.3 Å². The Morgan fingerprint density at radius 3 is 2.66 bits per heavy atom. The quantitative estimate of drug-likeness (QED) is 0.380. The summed E-state index contributed by atoms with van der Waals surface area (Å²) in [6.07, 6.45) is 2.93. The highest BCUT2D eigenvalue weighted by atomic mass is 32.1. The molecule has 1 amide bonds. The van der Waals surface area contributed by atoms with Crippen LogP contribution in [-0.2, 0) is 13.1 Å². The molecule has 182 valence electrons. The minimum Gasteiger partial charge on any atom is -0.467 e. The fraction of sp³-hybridized carbons (Fsp3) is 0.250. The van der Waals surface area contributed by atoms with Gasteiger partial charge >= 0.3 is 5.69 Å². The first-order valence-electron chi connectivity index (χ1n) is 11.0. The molecular weight excluding hydrogens is 473 g/mol. The molecular formula is C24H24FN5O4S. The summed E-state index contributed by atoms with van der Waals surface area (Å²) in [6.45, 7) is 3.85. The molecule has 1 aromatic carbocycles. The van der Waals surface area contributed by atoms with Crippen molar-refractivity contribution in [2.45, 2.75) is 39.8 Å². The number of aromatic nitrogens is 3. The normalized spacial score (nSPS) is 11.1. The van der Waals surface area contributed by atoms with Crippen molar-refractivity contribution in [1.82, 2.24) is 14.5 Å². The Kier molecular flexibility index (Phi) is 6.97. The van der Waals surface area contributed by atoms with Crippen LogP contribution in [0.2, 0.25) is 0 Å². The van der Waals surface area contributed by atoms with E-state index in [-0.39, 0.29) is 28.7 Å². The van der Waals surface area contributed by atoms with E-state index in [9.17, 15) is 18.8 Å². The molecule has 0 fully saturated rings. The van der Waals surface area contributed by atoms with Crippen molar-refractivity contribution in [2.75, 3.05) is 10.6 Å². The zero-order chi connectivity index (χ0) is 25.1. The standard InChI is InChI=1S/C24H24FN5O4S/c1-3-4-11-29-20(26)18(21(31)28-24(29)33)30(13-17-6-5-12-34-17)23(32)19-14(2)27-22(35-19)15-7-9-16(25)10-8-15/h5-10,12H,3-4,11,13,26H2,1-2H3,(H,28,31,33). The van der Waals surface area contributed by atoms with Crippen LogP contribution in [0, 0.1) is 12.7 Å². The summed E-state index contributed by atoms with van der Waals surface area (Å²) in [6, 6.07) is 9.12. The highest BCUT2D eigenvalue weighted by Crippen LogP contribution is 2.31. The molecule has 0 spiro atoms. The molecule has 11 heteroatoms. The molecule has 3 N–H and O–H groups in total. The van der Waals surface area contributed by atoms with Gasteiger partial charge in [-0.05, 0) is 49.7 Å². The fourth-order valence-corrected chi connectivity index (χ4v) is 4.64. The Labute approximate surface area is 203 Å². The lowest BCUT2D eigenvalue weighted by Gasteiger charge is -2.23. The van der Waals surface area contributed by atoms with E-state index in [2.05, 4.69) is 9.97 Å². The van der Waals surface area contributed by atoms with Crippen molar-refractivity contribution in [3.8, 4) is 10.6 Å². The molecule has 0 saturated heterocycles. The predicted molar refractivity (Wildman–Crippen MR) is 132 cm³/mol. The number of carbonyl (C=O) groups excluding carboxylic acids is 1. The summed E-state index contributed by atoms with van der Waals surface area (Å²) >= 11 is 1.12. The summed E-state index contributed by atoms with van der Waals surface area (Å²) in [5.74, 6) is -0.587. The van der Waals surface area contributed by atoms with E-state index >= 15 is 0 Å². The molecule has 0 aliphatic carbocycles. The van der Waals surface area contributed by atoms with Crippen LogP contribution in [0.25, 0.3) is 10.6 Å². The van der Waals surface area contributed by atoms with E-state index < -0.39 is 17.2 Å². The Morgan fingerprint density at radius 1 is 1.26 bits per heavy atom. The van der Waals surface area contributed by atoms with Crippen LogP contribution in [0.15, 0.2) is 56.7 Å². The zero-order valence-electron chi connectivity index (χ0n) is 19.2. The van der Waals surface area contributed by atoms with Gasteiger partial charge in [0, 0.05) is 12.1 Å². The van der Waals surface area contributed by atoms with Crippen LogP contribution in [-0.4, -0.2) is 20.4 Å². The smallest absolute Gasteiger partial charge is 0.330 e. The average molecular weight is 498 g/mol. The number of anilines is 2. The molecule has 0 unspecified atom stereocenters. The maximum absolute atomic E-state index is 13.8. The Balaban J connectivity index is 1.82. The Bertz CT molecular complexity index is 1450. The number of nitrogen functional groups attached to an aromatic ring is 1. The lowest BCUT2D eigenvalue weighted by molar-refractivity contribution is 0.0986. The van der Waals surface area contributed by atoms with E-state index in [0.29, 0.717) is 35.0 Å². The van der Waals surface area contributed by atoms with Crippen LogP contribution in [0.1, 0.15) is 40.9 Å². The van der Waals surface area contributed by atoms with Gasteiger partial charge in [-0.2, -0.15) is 0 Å². The molecule has 3 heterocycles. The molecule has 3 aromatic heterocycles. The van der Waals surface area contributed by atoms with Gasteiger partial charge < -0.3 is 10.2 Å². The van der Waals surface area contributed by atoms with Gasteiger partial charge in [-0.3, -0.25) is 24.0 Å². The van der Waals surface area contributed by atoms with Gasteiger partial charge in [-0.25, -0.2) is 14.2 Å². The summed E-state index contributed by atoms with van der Waals surface area (Å²) < 4.78 is 20.0. The lowest BCUT2D eigenvalue weighted by atomic mass is 10.2. The number of rotatable bonds is 8. The Morgan fingerprint density at radius 2 is 2.00 bits per heavy atom. The second kappa shape index (κ2) is 10.1. The van der Waals surface area contributed by atoms with Crippen LogP contribution >= 0.6 is 11.3 Å². The molecule has 9 nitrogen and oxygen atoms in total. The molecule has 0 atom stereocenters. The van der Waals surface area contributed by atoms with Crippen molar-refractivity contribution in [1.29, 1.82) is 0 Å². The van der Waals surface area contributed by atoms with Crippen molar-refractivity contribution >= 4 is 28.7 Å².